The summed E-state index contributed by atoms with van der Waals surface area (Å²) in [4.78, 5) is 20.7. The first-order valence-corrected chi connectivity index (χ1v) is 18.4. The van der Waals surface area contributed by atoms with Gasteiger partial charge in [0.05, 0.1) is 17.1 Å². The summed E-state index contributed by atoms with van der Waals surface area (Å²) in [6.45, 7) is 0. The van der Waals surface area contributed by atoms with Crippen molar-refractivity contribution in [3.63, 3.8) is 0 Å². The maximum absolute atomic E-state index is 5.33. The molecule has 0 saturated heterocycles. The second kappa shape index (κ2) is 13.8. The maximum Gasteiger partial charge on any atom is 0.163 e. The van der Waals surface area contributed by atoms with Crippen LogP contribution in [0.4, 0.5) is 0 Å². The van der Waals surface area contributed by atoms with Gasteiger partial charge in [-0.15, -0.1) is 0 Å². The Morgan fingerprint density at radius 2 is 0.745 bits per heavy atom. The molecule has 0 radical (unpaired) electrons. The zero-order valence-corrected chi connectivity index (χ0v) is 29.8. The number of aromatic nitrogens is 5. The predicted octanol–water partition coefficient (Wildman–Crippen LogP) is 12.3. The van der Waals surface area contributed by atoms with Crippen LogP contribution in [0.3, 0.4) is 0 Å². The van der Waals surface area contributed by atoms with Crippen LogP contribution in [0.2, 0.25) is 0 Å². The third-order valence-corrected chi connectivity index (χ3v) is 10.0. The highest BCUT2D eigenvalue weighted by molar-refractivity contribution is 6.06. The van der Waals surface area contributed by atoms with Crippen molar-refractivity contribution in [2.45, 2.75) is 0 Å². The van der Waals surface area contributed by atoms with Gasteiger partial charge in [0.2, 0.25) is 0 Å². The molecule has 5 heteroatoms. The minimum absolute atomic E-state index is 0.669. The van der Waals surface area contributed by atoms with Gasteiger partial charge in [0.1, 0.15) is 11.5 Å². The average Bonchev–Trinajstić information content (AvgIpc) is 3.61. The van der Waals surface area contributed by atoms with Gasteiger partial charge in [-0.25, -0.2) is 19.9 Å². The summed E-state index contributed by atoms with van der Waals surface area (Å²) in [5.41, 5.74) is 11.9. The summed E-state index contributed by atoms with van der Waals surface area (Å²) in [5, 5.41) is 2.22. The van der Waals surface area contributed by atoms with Gasteiger partial charge in [-0.3, -0.25) is 4.40 Å². The Morgan fingerprint density at radius 3 is 1.40 bits per heavy atom. The van der Waals surface area contributed by atoms with Gasteiger partial charge in [-0.05, 0) is 34.9 Å². The minimum atomic E-state index is 0.669. The standard InChI is InChI=1S/C50H33N5/c1-5-17-34(18-6-1)44-33-45(52-47(51-44)36-21-9-3-10-22-36)40-27-15-25-38(31-40)39-26-16-28-41(32-39)48-53-49(37-23-11-4-12-24-37)55-46(35-19-7-2-8-20-35)42-29-13-14-30-43(42)50(55)54-48/h1-33H. The van der Waals surface area contributed by atoms with Gasteiger partial charge >= 0.3 is 0 Å². The lowest BCUT2D eigenvalue weighted by molar-refractivity contribution is 1.05. The molecule has 0 atom stereocenters. The van der Waals surface area contributed by atoms with Crippen LogP contribution < -0.4 is 0 Å². The highest BCUT2D eigenvalue weighted by Gasteiger charge is 2.21. The average molecular weight is 704 g/mol. The van der Waals surface area contributed by atoms with E-state index in [2.05, 4.69) is 156 Å². The topological polar surface area (TPSA) is 56.0 Å². The molecule has 3 aromatic heterocycles. The van der Waals surface area contributed by atoms with Gasteiger partial charge in [-0.2, -0.15) is 0 Å². The van der Waals surface area contributed by atoms with Gasteiger partial charge in [0.25, 0.3) is 0 Å². The number of nitrogens with zero attached hydrogens (tertiary/aromatic N) is 5. The van der Waals surface area contributed by atoms with E-state index in [1.807, 2.05) is 48.5 Å². The molecule has 0 aliphatic heterocycles. The molecule has 0 N–H and O–H groups in total. The monoisotopic (exact) mass is 703 g/mol. The fourth-order valence-corrected chi connectivity index (χ4v) is 7.38. The van der Waals surface area contributed by atoms with Crippen molar-refractivity contribution < 1.29 is 0 Å². The van der Waals surface area contributed by atoms with E-state index in [4.69, 9.17) is 19.9 Å². The van der Waals surface area contributed by atoms with Crippen molar-refractivity contribution >= 4 is 16.4 Å². The third kappa shape index (κ3) is 6.04. The molecule has 0 aliphatic rings. The SMILES string of the molecule is c1ccc(-c2cc(-c3cccc(-c4cccc(-c5nc(-c6ccccc6)n6c(-c7ccccc7)c7ccccc7c6n5)c4)c3)nc(-c3ccccc3)n2)cc1. The largest absolute Gasteiger partial charge is 0.277 e. The van der Waals surface area contributed by atoms with E-state index in [9.17, 15) is 0 Å². The van der Waals surface area contributed by atoms with Crippen LogP contribution in [-0.2, 0) is 0 Å². The summed E-state index contributed by atoms with van der Waals surface area (Å²) in [7, 11) is 0. The molecule has 0 aliphatic carbocycles. The Kier molecular flexibility index (Phi) is 8.08. The second-order valence-corrected chi connectivity index (χ2v) is 13.5. The molecule has 0 bridgehead atoms. The number of benzene rings is 7. The van der Waals surface area contributed by atoms with Crippen molar-refractivity contribution in [2.24, 2.45) is 0 Å². The first-order valence-electron chi connectivity index (χ1n) is 18.4. The Balaban J connectivity index is 1.11. The van der Waals surface area contributed by atoms with E-state index in [0.29, 0.717) is 11.6 Å². The van der Waals surface area contributed by atoms with Crippen molar-refractivity contribution in [3.8, 4) is 79.1 Å². The van der Waals surface area contributed by atoms with E-state index in [1.54, 1.807) is 0 Å². The molecule has 10 aromatic rings. The lowest BCUT2D eigenvalue weighted by atomic mass is 9.99. The number of fused-ring (bicyclic) bond motifs is 3. The Morgan fingerprint density at radius 1 is 0.291 bits per heavy atom. The summed E-state index contributed by atoms with van der Waals surface area (Å²) >= 11 is 0. The van der Waals surface area contributed by atoms with Crippen LogP contribution in [0.5, 0.6) is 0 Å². The van der Waals surface area contributed by atoms with Gasteiger partial charge in [-0.1, -0.05) is 182 Å². The van der Waals surface area contributed by atoms with Gasteiger partial charge in [0, 0.05) is 38.6 Å². The molecule has 0 fully saturated rings. The van der Waals surface area contributed by atoms with Gasteiger partial charge in [0.15, 0.2) is 11.6 Å². The molecule has 10 rings (SSSR count). The Labute approximate surface area is 319 Å². The summed E-state index contributed by atoms with van der Waals surface area (Å²) in [5.74, 6) is 2.21. The molecule has 7 aromatic carbocycles. The zero-order chi connectivity index (χ0) is 36.6. The number of hydrogen-bond acceptors (Lipinski definition) is 4. The summed E-state index contributed by atoms with van der Waals surface area (Å²) in [6.07, 6.45) is 0. The number of hydrogen-bond donors (Lipinski definition) is 0. The van der Waals surface area contributed by atoms with Gasteiger partial charge < -0.3 is 0 Å². The van der Waals surface area contributed by atoms with E-state index in [-0.39, 0.29) is 0 Å². The molecule has 55 heavy (non-hydrogen) atoms. The van der Waals surface area contributed by atoms with E-state index >= 15 is 0 Å². The second-order valence-electron chi connectivity index (χ2n) is 13.5. The molecule has 0 saturated carbocycles. The van der Waals surface area contributed by atoms with E-state index in [1.165, 1.54) is 0 Å². The molecule has 0 spiro atoms. The zero-order valence-electron chi connectivity index (χ0n) is 29.8. The fourth-order valence-electron chi connectivity index (χ4n) is 7.38. The molecule has 5 nitrogen and oxygen atoms in total. The summed E-state index contributed by atoms with van der Waals surface area (Å²) < 4.78 is 2.22. The molecule has 0 amide bonds. The lowest BCUT2D eigenvalue weighted by Crippen LogP contribution is -2.03. The van der Waals surface area contributed by atoms with Crippen molar-refractivity contribution in [2.75, 3.05) is 0 Å². The van der Waals surface area contributed by atoms with Crippen LogP contribution in [0.15, 0.2) is 200 Å². The first-order chi connectivity index (χ1) is 27.3. The highest BCUT2D eigenvalue weighted by atomic mass is 15.1. The third-order valence-electron chi connectivity index (χ3n) is 10.0. The van der Waals surface area contributed by atoms with Crippen molar-refractivity contribution in [1.82, 2.24) is 24.3 Å². The van der Waals surface area contributed by atoms with Crippen LogP contribution in [-0.4, -0.2) is 24.3 Å². The van der Waals surface area contributed by atoms with Crippen molar-refractivity contribution in [1.29, 1.82) is 0 Å². The first kappa shape index (κ1) is 32.2. The molecule has 0 unspecified atom stereocenters. The molecular weight excluding hydrogens is 671 g/mol. The minimum Gasteiger partial charge on any atom is -0.277 e. The van der Waals surface area contributed by atoms with Crippen LogP contribution in [0.1, 0.15) is 0 Å². The maximum atomic E-state index is 5.33. The molecule has 3 heterocycles. The van der Waals surface area contributed by atoms with E-state index < -0.39 is 0 Å². The normalized spacial score (nSPS) is 11.3. The van der Waals surface area contributed by atoms with Crippen LogP contribution >= 0.6 is 0 Å². The van der Waals surface area contributed by atoms with Crippen LogP contribution in [0.25, 0.3) is 95.5 Å². The molecule has 258 valence electrons. The quantitative estimate of drug-likeness (QED) is 0.166. The molecular formula is C50H33N5. The van der Waals surface area contributed by atoms with Crippen molar-refractivity contribution in [3.05, 3.63) is 200 Å². The highest BCUT2D eigenvalue weighted by Crippen LogP contribution is 2.38. The predicted molar refractivity (Wildman–Crippen MR) is 224 cm³/mol. The number of rotatable bonds is 7. The Hall–Kier alpha value is -7.50. The van der Waals surface area contributed by atoms with Crippen LogP contribution in [0, 0.1) is 0 Å². The summed E-state index contributed by atoms with van der Waals surface area (Å²) in [6, 6.07) is 69.0. The lowest BCUT2D eigenvalue weighted by Gasteiger charge is -2.13. The van der Waals surface area contributed by atoms with E-state index in [0.717, 1.165) is 83.8 Å². The smallest absolute Gasteiger partial charge is 0.163 e. The Bertz CT molecular complexity index is 2900. The fraction of sp³-hybridized carbons (Fsp3) is 0.